The number of nitrogens with one attached hydrogen (secondary N) is 1. The molecule has 1 aliphatic rings. The van der Waals surface area contributed by atoms with Crippen LogP contribution in [0.25, 0.3) is 11.5 Å². The number of aromatic nitrogens is 2. The summed E-state index contributed by atoms with van der Waals surface area (Å²) in [6.45, 7) is 2.74. The van der Waals surface area contributed by atoms with Crippen LogP contribution in [-0.4, -0.2) is 35.9 Å². The Labute approximate surface area is 118 Å². The number of rotatable bonds is 5. The summed E-state index contributed by atoms with van der Waals surface area (Å²) in [5.74, 6) is 1.28. The van der Waals surface area contributed by atoms with E-state index in [4.69, 9.17) is 9.26 Å². The second-order valence-corrected chi connectivity index (χ2v) is 4.95. The Hall–Kier alpha value is -1.72. The van der Waals surface area contributed by atoms with E-state index in [1.54, 1.807) is 0 Å². The summed E-state index contributed by atoms with van der Waals surface area (Å²) < 4.78 is 11.1. The second-order valence-electron chi connectivity index (χ2n) is 4.95. The van der Waals surface area contributed by atoms with Crippen molar-refractivity contribution < 1.29 is 9.26 Å². The van der Waals surface area contributed by atoms with Gasteiger partial charge in [0, 0.05) is 12.0 Å². The maximum atomic E-state index is 5.84. The van der Waals surface area contributed by atoms with Gasteiger partial charge in [0.15, 0.2) is 5.82 Å². The van der Waals surface area contributed by atoms with E-state index < -0.39 is 0 Å². The maximum absolute atomic E-state index is 5.84. The molecule has 0 saturated carbocycles. The van der Waals surface area contributed by atoms with Crippen molar-refractivity contribution in [1.29, 1.82) is 0 Å². The molecule has 2 heterocycles. The standard InChI is InChI=1S/C15H19N3O2/c1-2-4-12(5-3-1)15-17-14(18-20-15)8-11-19-13-6-9-16-10-7-13/h1-5,13,16H,6-11H2. The SMILES string of the molecule is c1ccc(-c2nc(CCOC3CCNCC3)no2)cc1. The normalized spacial score (nSPS) is 16.4. The van der Waals surface area contributed by atoms with Crippen LogP contribution in [0.5, 0.6) is 0 Å². The van der Waals surface area contributed by atoms with Crippen molar-refractivity contribution in [2.45, 2.75) is 25.4 Å². The highest BCUT2D eigenvalue weighted by Crippen LogP contribution is 2.16. The minimum absolute atomic E-state index is 0.372. The molecule has 2 aromatic rings. The minimum Gasteiger partial charge on any atom is -0.378 e. The third-order valence-electron chi connectivity index (χ3n) is 3.45. The molecule has 1 fully saturated rings. The first-order valence-corrected chi connectivity index (χ1v) is 7.12. The fourth-order valence-corrected chi connectivity index (χ4v) is 2.33. The quantitative estimate of drug-likeness (QED) is 0.903. The van der Waals surface area contributed by atoms with E-state index in [1.807, 2.05) is 30.3 Å². The fraction of sp³-hybridized carbons (Fsp3) is 0.467. The summed E-state index contributed by atoms with van der Waals surface area (Å²) in [5, 5.41) is 7.32. The Balaban J connectivity index is 1.50. The van der Waals surface area contributed by atoms with Gasteiger partial charge in [0.1, 0.15) is 0 Å². The van der Waals surface area contributed by atoms with Gasteiger partial charge in [-0.2, -0.15) is 4.98 Å². The lowest BCUT2D eigenvalue weighted by molar-refractivity contribution is 0.0340. The third-order valence-corrected chi connectivity index (χ3v) is 3.45. The van der Waals surface area contributed by atoms with Crippen molar-refractivity contribution in [1.82, 2.24) is 15.5 Å². The van der Waals surface area contributed by atoms with Gasteiger partial charge in [-0.25, -0.2) is 0 Å². The lowest BCUT2D eigenvalue weighted by atomic mass is 10.1. The molecule has 1 saturated heterocycles. The average Bonchev–Trinajstić information content (AvgIpc) is 2.98. The average molecular weight is 273 g/mol. The molecule has 0 spiro atoms. The van der Waals surface area contributed by atoms with Crippen molar-refractivity contribution >= 4 is 0 Å². The van der Waals surface area contributed by atoms with Crippen molar-refractivity contribution in [3.63, 3.8) is 0 Å². The monoisotopic (exact) mass is 273 g/mol. The molecule has 1 aromatic heterocycles. The van der Waals surface area contributed by atoms with Crippen LogP contribution in [0.1, 0.15) is 18.7 Å². The number of hydrogen-bond acceptors (Lipinski definition) is 5. The second kappa shape index (κ2) is 6.63. The fourth-order valence-electron chi connectivity index (χ4n) is 2.33. The van der Waals surface area contributed by atoms with E-state index in [0.717, 1.165) is 31.5 Å². The molecule has 0 radical (unpaired) electrons. The van der Waals surface area contributed by atoms with Gasteiger partial charge in [-0.3, -0.25) is 0 Å². The summed E-state index contributed by atoms with van der Waals surface area (Å²) in [4.78, 5) is 4.39. The molecule has 0 unspecified atom stereocenters. The van der Waals surface area contributed by atoms with Gasteiger partial charge < -0.3 is 14.6 Å². The molecule has 0 atom stereocenters. The number of ether oxygens (including phenoxy) is 1. The first kappa shape index (κ1) is 13.3. The molecular weight excluding hydrogens is 254 g/mol. The lowest BCUT2D eigenvalue weighted by Gasteiger charge is -2.22. The minimum atomic E-state index is 0.372. The molecule has 0 aliphatic carbocycles. The molecule has 5 nitrogen and oxygen atoms in total. The van der Waals surface area contributed by atoms with E-state index >= 15 is 0 Å². The Morgan fingerprint density at radius 2 is 2.00 bits per heavy atom. The van der Waals surface area contributed by atoms with Gasteiger partial charge in [0.2, 0.25) is 0 Å². The molecule has 20 heavy (non-hydrogen) atoms. The van der Waals surface area contributed by atoms with E-state index in [-0.39, 0.29) is 0 Å². The highest BCUT2D eigenvalue weighted by atomic mass is 16.5. The van der Waals surface area contributed by atoms with E-state index in [2.05, 4.69) is 15.5 Å². The molecule has 0 amide bonds. The van der Waals surface area contributed by atoms with Gasteiger partial charge >= 0.3 is 0 Å². The van der Waals surface area contributed by atoms with Crippen LogP contribution in [0, 0.1) is 0 Å². The lowest BCUT2D eigenvalue weighted by Crippen LogP contribution is -2.32. The number of hydrogen-bond donors (Lipinski definition) is 1. The summed E-state index contributed by atoms with van der Waals surface area (Å²) in [6, 6.07) is 9.80. The van der Waals surface area contributed by atoms with Crippen molar-refractivity contribution in [2.75, 3.05) is 19.7 Å². The largest absolute Gasteiger partial charge is 0.378 e. The topological polar surface area (TPSA) is 60.2 Å². The molecule has 1 N–H and O–H groups in total. The van der Waals surface area contributed by atoms with Gasteiger partial charge in [-0.1, -0.05) is 23.4 Å². The van der Waals surface area contributed by atoms with Crippen molar-refractivity contribution in [2.24, 2.45) is 0 Å². The Kier molecular flexibility index (Phi) is 4.40. The van der Waals surface area contributed by atoms with Gasteiger partial charge in [-0.15, -0.1) is 0 Å². The van der Waals surface area contributed by atoms with Crippen LogP contribution in [0.15, 0.2) is 34.9 Å². The van der Waals surface area contributed by atoms with Crippen LogP contribution in [0.2, 0.25) is 0 Å². The predicted octanol–water partition coefficient (Wildman–Crippen LogP) is 2.05. The van der Waals surface area contributed by atoms with E-state index in [1.165, 1.54) is 0 Å². The third kappa shape index (κ3) is 3.43. The van der Waals surface area contributed by atoms with Crippen molar-refractivity contribution in [3.8, 4) is 11.5 Å². The summed E-state index contributed by atoms with van der Waals surface area (Å²) >= 11 is 0. The molecule has 5 heteroatoms. The van der Waals surface area contributed by atoms with Gasteiger partial charge in [0.05, 0.1) is 12.7 Å². The molecule has 1 aliphatic heterocycles. The highest BCUT2D eigenvalue weighted by Gasteiger charge is 2.14. The first-order chi connectivity index (χ1) is 9.92. The van der Waals surface area contributed by atoms with Gasteiger partial charge in [0.25, 0.3) is 5.89 Å². The molecule has 106 valence electrons. The van der Waals surface area contributed by atoms with Gasteiger partial charge in [-0.05, 0) is 38.1 Å². The Morgan fingerprint density at radius 1 is 1.20 bits per heavy atom. The summed E-state index contributed by atoms with van der Waals surface area (Å²) in [6.07, 6.45) is 3.24. The van der Waals surface area contributed by atoms with Crippen LogP contribution in [-0.2, 0) is 11.2 Å². The summed E-state index contributed by atoms with van der Waals surface area (Å²) in [5.41, 5.74) is 0.950. The van der Waals surface area contributed by atoms with Crippen molar-refractivity contribution in [3.05, 3.63) is 36.2 Å². The molecular formula is C15H19N3O2. The van der Waals surface area contributed by atoms with E-state index in [0.29, 0.717) is 30.8 Å². The summed E-state index contributed by atoms with van der Waals surface area (Å²) in [7, 11) is 0. The van der Waals surface area contributed by atoms with Crippen LogP contribution < -0.4 is 5.32 Å². The van der Waals surface area contributed by atoms with Crippen LogP contribution >= 0.6 is 0 Å². The van der Waals surface area contributed by atoms with Crippen LogP contribution in [0.4, 0.5) is 0 Å². The zero-order valence-corrected chi connectivity index (χ0v) is 11.4. The van der Waals surface area contributed by atoms with E-state index in [9.17, 15) is 0 Å². The Bertz CT molecular complexity index is 521. The predicted molar refractivity (Wildman–Crippen MR) is 75.3 cm³/mol. The zero-order chi connectivity index (χ0) is 13.6. The maximum Gasteiger partial charge on any atom is 0.257 e. The molecule has 3 rings (SSSR count). The first-order valence-electron chi connectivity index (χ1n) is 7.12. The van der Waals surface area contributed by atoms with Crippen LogP contribution in [0.3, 0.4) is 0 Å². The highest BCUT2D eigenvalue weighted by molar-refractivity contribution is 5.51. The number of nitrogens with zero attached hydrogens (tertiary/aromatic N) is 2. The molecule has 1 aromatic carbocycles. The zero-order valence-electron chi connectivity index (χ0n) is 11.4. The smallest absolute Gasteiger partial charge is 0.257 e. The Morgan fingerprint density at radius 3 is 2.80 bits per heavy atom. The molecule has 0 bridgehead atoms. The number of benzene rings is 1. The number of piperidine rings is 1.